The van der Waals surface area contributed by atoms with Gasteiger partial charge in [0.25, 0.3) is 5.91 Å². The number of amides is 2. The number of para-hydroxylation sites is 1. The number of rotatable bonds is 7. The van der Waals surface area contributed by atoms with Crippen LogP contribution in [-0.4, -0.2) is 95.9 Å². The fourth-order valence-corrected chi connectivity index (χ4v) is 7.38. The Balaban J connectivity index is 1.22. The van der Waals surface area contributed by atoms with Gasteiger partial charge in [-0.25, -0.2) is 23.8 Å². The van der Waals surface area contributed by atoms with E-state index < -0.39 is 17.0 Å². The lowest BCUT2D eigenvalue weighted by Crippen LogP contribution is -2.63. The minimum absolute atomic E-state index is 0.0352. The predicted octanol–water partition coefficient (Wildman–Crippen LogP) is 6.73. The van der Waals surface area contributed by atoms with Crippen molar-refractivity contribution in [3.8, 4) is 28.8 Å². The zero-order valence-electron chi connectivity index (χ0n) is 31.9. The topological polar surface area (TPSA) is 156 Å². The lowest BCUT2D eigenvalue weighted by Gasteiger charge is -2.49. The highest BCUT2D eigenvalue weighted by atomic mass is 19.1. The molecule has 2 aliphatic rings. The number of halogens is 1. The van der Waals surface area contributed by atoms with Crippen LogP contribution in [0.5, 0.6) is 11.5 Å². The van der Waals surface area contributed by atoms with Gasteiger partial charge < -0.3 is 25.0 Å². The molecule has 2 N–H and O–H groups in total. The summed E-state index contributed by atoms with van der Waals surface area (Å²) in [4.78, 5) is 41.3. The maximum atomic E-state index is 15.7. The third-order valence-corrected chi connectivity index (χ3v) is 9.91. The number of nitriles is 1. The Morgan fingerprint density at radius 2 is 1.70 bits per heavy atom. The van der Waals surface area contributed by atoms with Gasteiger partial charge in [-0.05, 0) is 91.6 Å². The van der Waals surface area contributed by atoms with Gasteiger partial charge in [0.1, 0.15) is 52.4 Å². The number of piperidine rings is 1. The molecule has 4 heterocycles. The van der Waals surface area contributed by atoms with Gasteiger partial charge in [0, 0.05) is 55.4 Å². The normalized spacial score (nSPS) is 20.1. The number of hydrogen-bond acceptors (Lipinski definition) is 10. The number of carbonyl (C=O) groups excluding carboxylic acids is 2. The van der Waals surface area contributed by atoms with Gasteiger partial charge in [-0.15, -0.1) is 0 Å². The number of nitrogens with two attached hydrogens (primary N) is 1. The number of fused-ring (bicyclic) bond motifs is 1. The zero-order chi connectivity index (χ0) is 38.9. The highest BCUT2D eigenvalue weighted by molar-refractivity contribution is 5.99. The SMILES string of the molecule is C[C@@H]1CN(C(C)(C)C=C(C#N)C(=O)N2CCC[C@@H](n3nc(-c4ccc(Oc5ccccc5)cc4F)c4c(N)ncnc43)C2)C[C@H](C)N1C(=O)OC(C)(C)C. The molecule has 54 heavy (non-hydrogen) atoms. The van der Waals surface area contributed by atoms with E-state index in [2.05, 4.69) is 20.9 Å². The first kappa shape index (κ1) is 38.2. The highest BCUT2D eigenvalue weighted by Gasteiger charge is 2.40. The Hall–Kier alpha value is -5.55. The molecule has 2 aromatic heterocycles. The van der Waals surface area contributed by atoms with Gasteiger partial charge in [0.2, 0.25) is 0 Å². The van der Waals surface area contributed by atoms with Crippen molar-refractivity contribution in [2.24, 2.45) is 0 Å². The highest BCUT2D eigenvalue weighted by Crippen LogP contribution is 2.37. The summed E-state index contributed by atoms with van der Waals surface area (Å²) in [5.74, 6) is 0.124. The first-order chi connectivity index (χ1) is 25.6. The largest absolute Gasteiger partial charge is 0.457 e. The monoisotopic (exact) mass is 737 g/mol. The van der Waals surface area contributed by atoms with Crippen molar-refractivity contribution in [1.82, 2.24) is 34.4 Å². The fraction of sp³-hybridized carbons (Fsp3) is 0.450. The standard InChI is InChI=1S/C40H48FN9O4/c1-25-21-48(22-26(2)49(25)38(52)54-39(3,4)5)40(6,7)19-27(20-42)37(51)47-17-11-12-28(23-47)50-36-33(35(43)44-24-45-36)34(46-50)31-16-15-30(18-32(31)41)53-29-13-9-8-10-14-29/h8-10,13-16,18-19,24-26,28H,11-12,17,21-23H2,1-7H3,(H2,43,44,45)/t25-,26+,28-/m1/s1. The summed E-state index contributed by atoms with van der Waals surface area (Å²) >= 11 is 0. The molecule has 6 rings (SSSR count). The van der Waals surface area contributed by atoms with Crippen molar-refractivity contribution < 1.29 is 23.5 Å². The number of aromatic nitrogens is 4. The lowest BCUT2D eigenvalue weighted by atomic mass is 9.94. The summed E-state index contributed by atoms with van der Waals surface area (Å²) in [5, 5.41) is 15.5. The summed E-state index contributed by atoms with van der Waals surface area (Å²) in [6.45, 7) is 15.2. The number of hydrogen-bond donors (Lipinski definition) is 1. The van der Waals surface area contributed by atoms with Crippen LogP contribution in [0.25, 0.3) is 22.3 Å². The van der Waals surface area contributed by atoms with Crippen molar-refractivity contribution >= 4 is 28.9 Å². The van der Waals surface area contributed by atoms with Crippen molar-refractivity contribution in [2.75, 3.05) is 31.9 Å². The minimum atomic E-state index is -0.675. The summed E-state index contributed by atoms with van der Waals surface area (Å²) < 4.78 is 28.9. The smallest absolute Gasteiger partial charge is 0.410 e. The molecule has 0 spiro atoms. The molecule has 2 amide bonds. The van der Waals surface area contributed by atoms with Crippen molar-refractivity contribution in [3.05, 3.63) is 72.3 Å². The molecule has 14 heteroatoms. The predicted molar refractivity (Wildman–Crippen MR) is 203 cm³/mol. The second-order valence-electron chi connectivity index (χ2n) is 15.7. The second-order valence-corrected chi connectivity index (χ2v) is 15.7. The van der Waals surface area contributed by atoms with Crippen LogP contribution in [0.15, 0.2) is 66.5 Å². The van der Waals surface area contributed by atoms with E-state index in [0.29, 0.717) is 55.0 Å². The van der Waals surface area contributed by atoms with Crippen LogP contribution in [0.3, 0.4) is 0 Å². The van der Waals surface area contributed by atoms with Crippen molar-refractivity contribution in [1.29, 1.82) is 5.26 Å². The van der Waals surface area contributed by atoms with Crippen molar-refractivity contribution in [2.45, 2.75) is 90.6 Å². The molecule has 2 saturated heterocycles. The maximum Gasteiger partial charge on any atom is 0.410 e. The van der Waals surface area contributed by atoms with Crippen LogP contribution in [-0.2, 0) is 9.53 Å². The van der Waals surface area contributed by atoms with E-state index in [9.17, 15) is 14.9 Å². The number of carbonyl (C=O) groups is 2. The summed E-state index contributed by atoms with van der Waals surface area (Å²) in [7, 11) is 0. The molecule has 0 saturated carbocycles. The van der Waals surface area contributed by atoms with E-state index >= 15 is 4.39 Å². The molecule has 0 unspecified atom stereocenters. The van der Waals surface area contributed by atoms with E-state index in [1.54, 1.807) is 44.8 Å². The molecule has 13 nitrogen and oxygen atoms in total. The Labute approximate surface area is 315 Å². The Morgan fingerprint density at radius 3 is 2.35 bits per heavy atom. The quantitative estimate of drug-likeness (QED) is 0.159. The molecule has 0 bridgehead atoms. The molecular formula is C40H48FN9O4. The number of ether oxygens (including phenoxy) is 2. The average molecular weight is 738 g/mol. The van der Waals surface area contributed by atoms with Crippen LogP contribution >= 0.6 is 0 Å². The van der Waals surface area contributed by atoms with E-state index in [4.69, 9.17) is 20.3 Å². The second kappa shape index (κ2) is 15.1. The van der Waals surface area contributed by atoms with E-state index in [-0.39, 0.29) is 59.3 Å². The summed E-state index contributed by atoms with van der Waals surface area (Å²) in [6, 6.07) is 15.2. The number of piperazine rings is 1. The molecule has 4 aromatic rings. The van der Waals surface area contributed by atoms with E-state index in [1.165, 1.54) is 12.4 Å². The van der Waals surface area contributed by atoms with Crippen LogP contribution in [0.1, 0.15) is 67.3 Å². The number of nitrogens with zero attached hydrogens (tertiary/aromatic N) is 8. The van der Waals surface area contributed by atoms with Gasteiger partial charge in [-0.1, -0.05) is 18.2 Å². The van der Waals surface area contributed by atoms with Crippen LogP contribution in [0, 0.1) is 17.1 Å². The fourth-order valence-electron chi connectivity index (χ4n) is 7.38. The van der Waals surface area contributed by atoms with Gasteiger partial charge in [0.15, 0.2) is 5.65 Å². The van der Waals surface area contributed by atoms with Gasteiger partial charge in [0.05, 0.1) is 11.4 Å². The Kier molecular flexibility index (Phi) is 10.6. The molecule has 0 aliphatic carbocycles. The third-order valence-electron chi connectivity index (χ3n) is 9.91. The van der Waals surface area contributed by atoms with Gasteiger partial charge in [-0.2, -0.15) is 10.4 Å². The molecule has 2 aromatic carbocycles. The first-order valence-corrected chi connectivity index (χ1v) is 18.3. The van der Waals surface area contributed by atoms with Crippen molar-refractivity contribution in [3.63, 3.8) is 0 Å². The number of nitrogen functional groups attached to an aromatic ring is 1. The first-order valence-electron chi connectivity index (χ1n) is 18.3. The lowest BCUT2D eigenvalue weighted by molar-refractivity contribution is -0.128. The Morgan fingerprint density at radius 1 is 1.00 bits per heavy atom. The van der Waals surface area contributed by atoms with E-state index in [1.807, 2.05) is 66.7 Å². The number of benzene rings is 2. The number of anilines is 1. The molecular weight excluding hydrogens is 689 g/mol. The minimum Gasteiger partial charge on any atom is -0.457 e. The molecule has 3 atom stereocenters. The third kappa shape index (κ3) is 8.01. The van der Waals surface area contributed by atoms with E-state index in [0.717, 1.165) is 0 Å². The maximum absolute atomic E-state index is 15.7. The molecule has 284 valence electrons. The average Bonchev–Trinajstić information content (AvgIpc) is 3.50. The summed E-state index contributed by atoms with van der Waals surface area (Å²) in [5.41, 5.74) is 6.01. The molecule has 0 radical (unpaired) electrons. The van der Waals surface area contributed by atoms with Gasteiger partial charge >= 0.3 is 6.09 Å². The van der Waals surface area contributed by atoms with Gasteiger partial charge in [-0.3, -0.25) is 9.69 Å². The van der Waals surface area contributed by atoms with Crippen LogP contribution in [0.2, 0.25) is 0 Å². The molecule has 2 aliphatic heterocycles. The Bertz CT molecular complexity index is 2090. The number of likely N-dealkylation sites (tertiary alicyclic amines) is 1. The zero-order valence-corrected chi connectivity index (χ0v) is 31.9. The summed E-state index contributed by atoms with van der Waals surface area (Å²) in [6.07, 6.45) is 4.03. The van der Waals surface area contributed by atoms with Crippen LogP contribution < -0.4 is 10.5 Å². The van der Waals surface area contributed by atoms with Crippen LogP contribution in [0.4, 0.5) is 15.0 Å². The molecule has 2 fully saturated rings.